The van der Waals surface area contributed by atoms with Gasteiger partial charge in [-0.3, -0.25) is 4.79 Å². The molecule has 0 radical (unpaired) electrons. The summed E-state index contributed by atoms with van der Waals surface area (Å²) in [5.74, 6) is -0.0133. The third kappa shape index (κ3) is 3.04. The van der Waals surface area contributed by atoms with Crippen molar-refractivity contribution in [1.82, 2.24) is 4.90 Å². The van der Waals surface area contributed by atoms with E-state index in [4.69, 9.17) is 10.5 Å². The fraction of sp³-hybridized carbons (Fsp3) is 0.533. The number of ether oxygens (including phenoxy) is 1. The first kappa shape index (κ1) is 14.7. The van der Waals surface area contributed by atoms with Crippen molar-refractivity contribution in [3.63, 3.8) is 0 Å². The van der Waals surface area contributed by atoms with E-state index in [9.17, 15) is 4.79 Å². The Kier molecular flexibility index (Phi) is 4.18. The highest BCUT2D eigenvalue weighted by molar-refractivity contribution is 5.96. The van der Waals surface area contributed by atoms with Crippen molar-refractivity contribution in [1.29, 1.82) is 0 Å². The first-order valence-corrected chi connectivity index (χ1v) is 6.90. The summed E-state index contributed by atoms with van der Waals surface area (Å²) in [7, 11) is 3.49. The monoisotopic (exact) mass is 277 g/mol. The van der Waals surface area contributed by atoms with Gasteiger partial charge in [0.2, 0.25) is 0 Å². The van der Waals surface area contributed by atoms with Crippen LogP contribution >= 0.6 is 0 Å². The number of nitrogens with two attached hydrogens (primary N) is 1. The van der Waals surface area contributed by atoms with Crippen molar-refractivity contribution in [2.75, 3.05) is 37.8 Å². The lowest BCUT2D eigenvalue weighted by Gasteiger charge is -2.37. The zero-order valence-corrected chi connectivity index (χ0v) is 12.6. The molecule has 0 spiro atoms. The van der Waals surface area contributed by atoms with Gasteiger partial charge in [0.1, 0.15) is 0 Å². The van der Waals surface area contributed by atoms with Crippen molar-refractivity contribution < 1.29 is 9.53 Å². The molecule has 1 heterocycles. The summed E-state index contributed by atoms with van der Waals surface area (Å²) in [5.41, 5.74) is 8.35. The number of benzene rings is 1. The molecule has 2 N–H and O–H groups in total. The van der Waals surface area contributed by atoms with E-state index in [1.165, 1.54) is 0 Å². The number of anilines is 2. The molecule has 20 heavy (non-hydrogen) atoms. The SMILES string of the molecule is C[C@@H]1CN(c2cc(C(=O)N(C)C)ccc2N)C[C@H](C)O1. The lowest BCUT2D eigenvalue weighted by Crippen LogP contribution is -2.45. The molecule has 0 bridgehead atoms. The van der Waals surface area contributed by atoms with Crippen LogP contribution in [-0.2, 0) is 4.74 Å². The number of amides is 1. The van der Waals surface area contributed by atoms with Gasteiger partial charge < -0.3 is 20.3 Å². The molecule has 5 heteroatoms. The quantitative estimate of drug-likeness (QED) is 0.834. The van der Waals surface area contributed by atoms with Gasteiger partial charge in [-0.1, -0.05) is 0 Å². The first-order valence-electron chi connectivity index (χ1n) is 6.90. The van der Waals surface area contributed by atoms with Crippen LogP contribution in [0.4, 0.5) is 11.4 Å². The van der Waals surface area contributed by atoms with Crippen LogP contribution in [0.2, 0.25) is 0 Å². The average Bonchev–Trinajstić information content (AvgIpc) is 2.37. The maximum Gasteiger partial charge on any atom is 0.253 e. The van der Waals surface area contributed by atoms with Crippen molar-refractivity contribution in [3.05, 3.63) is 23.8 Å². The molecule has 110 valence electrons. The number of morpholine rings is 1. The Morgan fingerprint density at radius 2 is 1.90 bits per heavy atom. The van der Waals surface area contributed by atoms with Crippen LogP contribution in [0.3, 0.4) is 0 Å². The second-order valence-corrected chi connectivity index (χ2v) is 5.64. The number of hydrogen-bond acceptors (Lipinski definition) is 4. The molecule has 0 aromatic heterocycles. The van der Waals surface area contributed by atoms with Crippen molar-refractivity contribution in [2.24, 2.45) is 0 Å². The first-order chi connectivity index (χ1) is 9.38. The largest absolute Gasteiger partial charge is 0.397 e. The van der Waals surface area contributed by atoms with Gasteiger partial charge >= 0.3 is 0 Å². The lowest BCUT2D eigenvalue weighted by atomic mass is 10.1. The Morgan fingerprint density at radius 3 is 2.45 bits per heavy atom. The van der Waals surface area contributed by atoms with Crippen LogP contribution < -0.4 is 10.6 Å². The predicted octanol–water partition coefficient (Wildman–Crippen LogP) is 1.58. The van der Waals surface area contributed by atoms with E-state index in [1.54, 1.807) is 31.1 Å². The molecule has 2 atom stereocenters. The molecule has 2 rings (SSSR count). The molecule has 1 saturated heterocycles. The molecule has 0 aliphatic carbocycles. The molecule has 1 fully saturated rings. The molecule has 5 nitrogen and oxygen atoms in total. The number of carbonyl (C=O) groups is 1. The molecule has 1 aromatic rings. The van der Waals surface area contributed by atoms with Gasteiger partial charge in [-0.05, 0) is 32.0 Å². The Balaban J connectivity index is 2.31. The summed E-state index contributed by atoms with van der Waals surface area (Å²) < 4.78 is 5.74. The highest BCUT2D eigenvalue weighted by Gasteiger charge is 2.24. The second kappa shape index (κ2) is 5.71. The third-order valence-electron chi connectivity index (χ3n) is 3.44. The minimum atomic E-state index is -0.0133. The Bertz CT molecular complexity index is 492. The summed E-state index contributed by atoms with van der Waals surface area (Å²) in [6, 6.07) is 5.45. The number of carbonyl (C=O) groups excluding carboxylic acids is 1. The zero-order valence-electron chi connectivity index (χ0n) is 12.6. The summed E-state index contributed by atoms with van der Waals surface area (Å²) >= 11 is 0. The molecule has 0 saturated carbocycles. The fourth-order valence-corrected chi connectivity index (χ4v) is 2.58. The zero-order chi connectivity index (χ0) is 14.9. The number of rotatable bonds is 2. The van der Waals surface area contributed by atoms with Gasteiger partial charge in [-0.2, -0.15) is 0 Å². The standard InChI is InChI=1S/C15H23N3O2/c1-10-8-18(9-11(2)20-10)14-7-12(5-6-13(14)16)15(19)17(3)4/h5-7,10-11H,8-9,16H2,1-4H3/t10-,11+. The summed E-state index contributed by atoms with van der Waals surface area (Å²) in [6.45, 7) is 5.67. The van der Waals surface area contributed by atoms with Gasteiger partial charge in [-0.15, -0.1) is 0 Å². The normalized spacial score (nSPS) is 22.7. The molecule has 1 aliphatic heterocycles. The van der Waals surface area contributed by atoms with Crippen LogP contribution in [-0.4, -0.2) is 50.2 Å². The smallest absolute Gasteiger partial charge is 0.253 e. The van der Waals surface area contributed by atoms with Crippen LogP contribution in [0.15, 0.2) is 18.2 Å². The summed E-state index contributed by atoms with van der Waals surface area (Å²) in [5, 5.41) is 0. The topological polar surface area (TPSA) is 58.8 Å². The van der Waals surface area contributed by atoms with Gasteiger partial charge in [0.05, 0.1) is 23.6 Å². The van der Waals surface area contributed by atoms with Gasteiger partial charge in [0.25, 0.3) is 5.91 Å². The molecular weight excluding hydrogens is 254 g/mol. The van der Waals surface area contributed by atoms with Crippen molar-refractivity contribution in [3.8, 4) is 0 Å². The number of nitrogens with zero attached hydrogens (tertiary/aromatic N) is 2. The molecule has 0 unspecified atom stereocenters. The highest BCUT2D eigenvalue weighted by Crippen LogP contribution is 2.28. The summed E-state index contributed by atoms with van der Waals surface area (Å²) in [4.78, 5) is 15.8. The molecular formula is C15H23N3O2. The molecule has 1 amide bonds. The van der Waals surface area contributed by atoms with E-state index in [-0.39, 0.29) is 18.1 Å². The van der Waals surface area contributed by atoms with Gasteiger partial charge in [0, 0.05) is 32.7 Å². The third-order valence-corrected chi connectivity index (χ3v) is 3.44. The van der Waals surface area contributed by atoms with E-state index in [0.717, 1.165) is 18.8 Å². The minimum absolute atomic E-state index is 0.0133. The van der Waals surface area contributed by atoms with Crippen LogP contribution in [0.1, 0.15) is 24.2 Å². The van der Waals surface area contributed by atoms with E-state index < -0.39 is 0 Å². The maximum atomic E-state index is 12.1. The second-order valence-electron chi connectivity index (χ2n) is 5.64. The van der Waals surface area contributed by atoms with Crippen LogP contribution in [0.5, 0.6) is 0 Å². The Morgan fingerprint density at radius 1 is 1.30 bits per heavy atom. The molecule has 1 aliphatic rings. The van der Waals surface area contributed by atoms with Crippen LogP contribution in [0.25, 0.3) is 0 Å². The lowest BCUT2D eigenvalue weighted by molar-refractivity contribution is -0.00517. The van der Waals surface area contributed by atoms with Gasteiger partial charge in [-0.25, -0.2) is 0 Å². The fourth-order valence-electron chi connectivity index (χ4n) is 2.58. The van der Waals surface area contributed by atoms with E-state index in [0.29, 0.717) is 11.3 Å². The van der Waals surface area contributed by atoms with E-state index in [1.807, 2.05) is 19.9 Å². The number of nitrogen functional groups attached to an aromatic ring is 1. The van der Waals surface area contributed by atoms with E-state index >= 15 is 0 Å². The minimum Gasteiger partial charge on any atom is -0.397 e. The van der Waals surface area contributed by atoms with Gasteiger partial charge in [0.15, 0.2) is 0 Å². The Hall–Kier alpha value is -1.75. The average molecular weight is 277 g/mol. The number of hydrogen-bond donors (Lipinski definition) is 1. The molecule has 1 aromatic carbocycles. The maximum absolute atomic E-state index is 12.1. The van der Waals surface area contributed by atoms with Crippen LogP contribution in [0, 0.1) is 0 Å². The van der Waals surface area contributed by atoms with E-state index in [2.05, 4.69) is 4.90 Å². The Labute approximate surface area is 120 Å². The highest BCUT2D eigenvalue weighted by atomic mass is 16.5. The predicted molar refractivity (Wildman–Crippen MR) is 81.1 cm³/mol. The van der Waals surface area contributed by atoms with Crippen molar-refractivity contribution in [2.45, 2.75) is 26.1 Å². The summed E-state index contributed by atoms with van der Waals surface area (Å²) in [6.07, 6.45) is 0.317. The van der Waals surface area contributed by atoms with Crippen molar-refractivity contribution >= 4 is 17.3 Å².